The van der Waals surface area contributed by atoms with Crippen LogP contribution in [0.15, 0.2) is 24.3 Å². The predicted molar refractivity (Wildman–Crippen MR) is 71.0 cm³/mol. The smallest absolute Gasteiger partial charge is 0.236 e. The van der Waals surface area contributed by atoms with Gasteiger partial charge in [0.15, 0.2) is 0 Å². The van der Waals surface area contributed by atoms with Crippen LogP contribution >= 0.6 is 11.6 Å². The van der Waals surface area contributed by atoms with Gasteiger partial charge in [0.25, 0.3) is 0 Å². The Bertz CT molecular complexity index is 362. The van der Waals surface area contributed by atoms with Crippen LogP contribution in [-0.4, -0.2) is 18.0 Å². The van der Waals surface area contributed by atoms with E-state index in [1.165, 1.54) is 0 Å². The highest BCUT2D eigenvalue weighted by Crippen LogP contribution is 2.12. The van der Waals surface area contributed by atoms with Crippen LogP contribution in [0.25, 0.3) is 0 Å². The molecule has 0 saturated heterocycles. The van der Waals surface area contributed by atoms with E-state index in [0.717, 1.165) is 23.4 Å². The zero-order chi connectivity index (χ0) is 12.8. The Labute approximate surface area is 107 Å². The van der Waals surface area contributed by atoms with E-state index in [-0.39, 0.29) is 11.9 Å². The molecule has 0 spiro atoms. The Morgan fingerprint density at radius 2 is 2.00 bits per heavy atom. The molecular weight excluding hydrogens is 236 g/mol. The van der Waals surface area contributed by atoms with Crippen molar-refractivity contribution in [3.05, 3.63) is 34.9 Å². The molecule has 1 amide bonds. The minimum Gasteiger partial charge on any atom is -0.352 e. The first-order valence-corrected chi connectivity index (χ1v) is 6.21. The van der Waals surface area contributed by atoms with E-state index in [2.05, 4.69) is 5.32 Å². The van der Waals surface area contributed by atoms with E-state index in [9.17, 15) is 4.79 Å². The van der Waals surface area contributed by atoms with Crippen LogP contribution in [0.4, 0.5) is 0 Å². The number of rotatable bonds is 5. The number of carbonyl (C=O) groups is 1. The fourth-order valence-corrected chi connectivity index (χ4v) is 1.66. The van der Waals surface area contributed by atoms with Gasteiger partial charge < -0.3 is 11.1 Å². The minimum atomic E-state index is -0.464. The molecular formula is C13H19ClN2O. The number of amides is 1. The lowest BCUT2D eigenvalue weighted by molar-refractivity contribution is -0.122. The molecule has 0 saturated carbocycles. The monoisotopic (exact) mass is 254 g/mol. The van der Waals surface area contributed by atoms with Gasteiger partial charge in [-0.2, -0.15) is 0 Å². The highest BCUT2D eigenvalue weighted by Gasteiger charge is 2.13. The van der Waals surface area contributed by atoms with Crippen molar-refractivity contribution in [1.29, 1.82) is 0 Å². The Morgan fingerprint density at radius 1 is 1.41 bits per heavy atom. The van der Waals surface area contributed by atoms with Crippen LogP contribution in [0.2, 0.25) is 5.02 Å². The molecule has 0 radical (unpaired) electrons. The Kier molecular flexibility index (Phi) is 5.45. The SMILES string of the molecule is CCC(Cc1ccc(Cl)cc1)NC(=O)[C@@H](C)N. The van der Waals surface area contributed by atoms with Gasteiger partial charge in [0.05, 0.1) is 6.04 Å². The van der Waals surface area contributed by atoms with Gasteiger partial charge in [0.1, 0.15) is 0 Å². The van der Waals surface area contributed by atoms with Crippen molar-refractivity contribution >= 4 is 17.5 Å². The van der Waals surface area contributed by atoms with Crippen LogP contribution in [0.5, 0.6) is 0 Å². The number of nitrogens with two attached hydrogens (primary N) is 1. The van der Waals surface area contributed by atoms with Gasteiger partial charge >= 0.3 is 0 Å². The molecule has 17 heavy (non-hydrogen) atoms. The van der Waals surface area contributed by atoms with E-state index in [1.54, 1.807) is 6.92 Å². The second-order valence-electron chi connectivity index (χ2n) is 4.23. The van der Waals surface area contributed by atoms with Crippen molar-refractivity contribution in [3.8, 4) is 0 Å². The molecule has 1 aromatic rings. The molecule has 0 heterocycles. The van der Waals surface area contributed by atoms with Crippen molar-refractivity contribution in [2.24, 2.45) is 5.73 Å². The molecule has 0 aliphatic rings. The number of nitrogens with one attached hydrogen (secondary N) is 1. The molecule has 4 heteroatoms. The Balaban J connectivity index is 2.57. The second kappa shape index (κ2) is 6.62. The molecule has 0 aromatic heterocycles. The fraction of sp³-hybridized carbons (Fsp3) is 0.462. The lowest BCUT2D eigenvalue weighted by Gasteiger charge is -2.18. The van der Waals surface area contributed by atoms with Crippen LogP contribution in [-0.2, 0) is 11.2 Å². The van der Waals surface area contributed by atoms with Crippen molar-refractivity contribution < 1.29 is 4.79 Å². The number of hydrogen-bond donors (Lipinski definition) is 2. The average molecular weight is 255 g/mol. The Hall–Kier alpha value is -1.06. The largest absolute Gasteiger partial charge is 0.352 e. The van der Waals surface area contributed by atoms with Crippen molar-refractivity contribution in [1.82, 2.24) is 5.32 Å². The first-order chi connectivity index (χ1) is 8.02. The predicted octanol–water partition coefficient (Wildman–Crippen LogP) is 2.12. The first kappa shape index (κ1) is 14.0. The second-order valence-corrected chi connectivity index (χ2v) is 4.67. The van der Waals surface area contributed by atoms with E-state index >= 15 is 0 Å². The summed E-state index contributed by atoms with van der Waals surface area (Å²) in [6.07, 6.45) is 1.67. The summed E-state index contributed by atoms with van der Waals surface area (Å²) < 4.78 is 0. The van der Waals surface area contributed by atoms with E-state index in [0.29, 0.717) is 0 Å². The Morgan fingerprint density at radius 3 is 2.47 bits per heavy atom. The topological polar surface area (TPSA) is 55.1 Å². The van der Waals surface area contributed by atoms with Gasteiger partial charge in [-0.05, 0) is 37.5 Å². The fourth-order valence-electron chi connectivity index (χ4n) is 1.54. The molecule has 0 fully saturated rings. The third-order valence-electron chi connectivity index (χ3n) is 2.65. The normalized spacial score (nSPS) is 14.1. The van der Waals surface area contributed by atoms with Crippen molar-refractivity contribution in [2.75, 3.05) is 0 Å². The van der Waals surface area contributed by atoms with Crippen molar-refractivity contribution in [2.45, 2.75) is 38.8 Å². The summed E-state index contributed by atoms with van der Waals surface area (Å²) in [5.41, 5.74) is 6.68. The summed E-state index contributed by atoms with van der Waals surface area (Å²) in [6.45, 7) is 3.73. The van der Waals surface area contributed by atoms with Crippen LogP contribution in [0.1, 0.15) is 25.8 Å². The summed E-state index contributed by atoms with van der Waals surface area (Å²) in [4.78, 5) is 11.5. The summed E-state index contributed by atoms with van der Waals surface area (Å²) >= 11 is 5.82. The minimum absolute atomic E-state index is 0.106. The summed E-state index contributed by atoms with van der Waals surface area (Å²) in [5.74, 6) is -0.106. The molecule has 2 atom stereocenters. The maximum absolute atomic E-state index is 11.5. The summed E-state index contributed by atoms with van der Waals surface area (Å²) in [5, 5.41) is 3.66. The van der Waals surface area contributed by atoms with E-state index < -0.39 is 6.04 Å². The zero-order valence-corrected chi connectivity index (χ0v) is 11.0. The van der Waals surface area contributed by atoms with Crippen LogP contribution < -0.4 is 11.1 Å². The highest BCUT2D eigenvalue weighted by atomic mass is 35.5. The molecule has 0 aliphatic carbocycles. The maximum Gasteiger partial charge on any atom is 0.236 e. The van der Waals surface area contributed by atoms with E-state index in [1.807, 2.05) is 31.2 Å². The number of carbonyl (C=O) groups excluding carboxylic acids is 1. The third kappa shape index (κ3) is 4.75. The number of hydrogen-bond acceptors (Lipinski definition) is 2. The molecule has 3 N–H and O–H groups in total. The average Bonchev–Trinajstić information content (AvgIpc) is 2.30. The van der Waals surface area contributed by atoms with Gasteiger partial charge in [0, 0.05) is 11.1 Å². The van der Waals surface area contributed by atoms with Crippen LogP contribution in [0.3, 0.4) is 0 Å². The highest BCUT2D eigenvalue weighted by molar-refractivity contribution is 6.30. The molecule has 1 aromatic carbocycles. The summed E-state index contributed by atoms with van der Waals surface area (Å²) in [6, 6.07) is 7.32. The third-order valence-corrected chi connectivity index (χ3v) is 2.90. The molecule has 0 bridgehead atoms. The van der Waals surface area contributed by atoms with Gasteiger partial charge in [-0.15, -0.1) is 0 Å². The van der Waals surface area contributed by atoms with Gasteiger partial charge in [-0.1, -0.05) is 30.7 Å². The standard InChI is InChI=1S/C13H19ClN2O/c1-3-12(16-13(17)9(2)15)8-10-4-6-11(14)7-5-10/h4-7,9,12H,3,8,15H2,1-2H3,(H,16,17)/t9-,12?/m1/s1. The van der Waals surface area contributed by atoms with Gasteiger partial charge in [0.2, 0.25) is 5.91 Å². The van der Waals surface area contributed by atoms with E-state index in [4.69, 9.17) is 17.3 Å². The lowest BCUT2D eigenvalue weighted by atomic mass is 10.0. The van der Waals surface area contributed by atoms with Gasteiger partial charge in [-0.3, -0.25) is 4.79 Å². The number of halogens is 1. The van der Waals surface area contributed by atoms with Crippen LogP contribution in [0, 0.1) is 0 Å². The molecule has 1 rings (SSSR count). The maximum atomic E-state index is 11.5. The summed E-state index contributed by atoms with van der Waals surface area (Å²) in [7, 11) is 0. The molecule has 0 aliphatic heterocycles. The van der Waals surface area contributed by atoms with Gasteiger partial charge in [-0.25, -0.2) is 0 Å². The lowest BCUT2D eigenvalue weighted by Crippen LogP contribution is -2.44. The number of benzene rings is 1. The zero-order valence-electron chi connectivity index (χ0n) is 10.2. The van der Waals surface area contributed by atoms with Crippen molar-refractivity contribution in [3.63, 3.8) is 0 Å². The molecule has 3 nitrogen and oxygen atoms in total. The first-order valence-electron chi connectivity index (χ1n) is 5.83. The quantitative estimate of drug-likeness (QED) is 0.846. The molecule has 1 unspecified atom stereocenters. The molecule has 94 valence electrons.